The molecule has 7 nitrogen and oxygen atoms in total. The maximum Gasteiger partial charge on any atom is 0.415 e. The standard InChI is InChI=1S/C11H17NO6/c1-11(2,3)18-9(15)5-4-8(14)17-10(16)12-6-7-13/h4-5,13H,6-7H2,1-3H3,(H,12,16). The average molecular weight is 259 g/mol. The number of amides is 1. The fourth-order valence-electron chi connectivity index (χ4n) is 0.791. The van der Waals surface area contributed by atoms with Crippen molar-refractivity contribution < 1.29 is 29.0 Å². The van der Waals surface area contributed by atoms with Crippen molar-refractivity contribution in [2.45, 2.75) is 26.4 Å². The number of carbonyl (C=O) groups excluding carboxylic acids is 3. The van der Waals surface area contributed by atoms with Crippen molar-refractivity contribution in [1.29, 1.82) is 0 Å². The topological polar surface area (TPSA) is 102 Å². The van der Waals surface area contributed by atoms with E-state index in [1.54, 1.807) is 20.8 Å². The van der Waals surface area contributed by atoms with Crippen LogP contribution in [0.1, 0.15) is 20.8 Å². The largest absolute Gasteiger partial charge is 0.457 e. The smallest absolute Gasteiger partial charge is 0.415 e. The maximum absolute atomic E-state index is 11.2. The van der Waals surface area contributed by atoms with Gasteiger partial charge in [0.25, 0.3) is 0 Å². The Bertz CT molecular complexity index is 342. The number of hydrogen-bond acceptors (Lipinski definition) is 6. The number of aliphatic hydroxyl groups is 1. The SMILES string of the molecule is CC(C)(C)OC(=O)C=CC(=O)OC(=O)NCCO. The third-order valence-corrected chi connectivity index (χ3v) is 1.34. The molecule has 0 aromatic heterocycles. The number of ether oxygens (including phenoxy) is 2. The highest BCUT2D eigenvalue weighted by Crippen LogP contribution is 2.06. The Morgan fingerprint density at radius 3 is 2.22 bits per heavy atom. The summed E-state index contributed by atoms with van der Waals surface area (Å²) in [5.41, 5.74) is -0.663. The molecule has 0 heterocycles. The van der Waals surface area contributed by atoms with E-state index in [1.807, 2.05) is 0 Å². The monoisotopic (exact) mass is 259 g/mol. The lowest BCUT2D eigenvalue weighted by Gasteiger charge is -2.17. The summed E-state index contributed by atoms with van der Waals surface area (Å²) in [7, 11) is 0. The predicted octanol–water partition coefficient (Wildman–Crippen LogP) is 0.129. The van der Waals surface area contributed by atoms with Crippen molar-refractivity contribution in [3.63, 3.8) is 0 Å². The van der Waals surface area contributed by atoms with Crippen molar-refractivity contribution in [3.8, 4) is 0 Å². The van der Waals surface area contributed by atoms with Gasteiger partial charge in [-0.2, -0.15) is 0 Å². The predicted molar refractivity (Wildman–Crippen MR) is 61.6 cm³/mol. The molecule has 1 amide bonds. The van der Waals surface area contributed by atoms with Crippen molar-refractivity contribution in [3.05, 3.63) is 12.2 Å². The summed E-state index contributed by atoms with van der Waals surface area (Å²) in [6.07, 6.45) is 0.655. The van der Waals surface area contributed by atoms with E-state index in [0.717, 1.165) is 12.2 Å². The van der Waals surface area contributed by atoms with Crippen LogP contribution in [0.3, 0.4) is 0 Å². The minimum absolute atomic E-state index is 0.0259. The Morgan fingerprint density at radius 2 is 1.72 bits per heavy atom. The Morgan fingerprint density at radius 1 is 1.17 bits per heavy atom. The molecule has 0 rings (SSSR count). The van der Waals surface area contributed by atoms with Crippen LogP contribution < -0.4 is 5.32 Å². The fraction of sp³-hybridized carbons (Fsp3) is 0.545. The lowest BCUT2D eigenvalue weighted by Crippen LogP contribution is -2.28. The first-order valence-electron chi connectivity index (χ1n) is 5.26. The van der Waals surface area contributed by atoms with Gasteiger partial charge in [0.1, 0.15) is 5.60 Å². The lowest BCUT2D eigenvalue weighted by molar-refractivity contribution is -0.149. The van der Waals surface area contributed by atoms with Gasteiger partial charge in [-0.15, -0.1) is 0 Å². The maximum atomic E-state index is 11.2. The molecule has 0 aliphatic heterocycles. The number of esters is 2. The van der Waals surface area contributed by atoms with E-state index in [4.69, 9.17) is 9.84 Å². The van der Waals surface area contributed by atoms with Crippen molar-refractivity contribution >= 4 is 18.0 Å². The van der Waals surface area contributed by atoms with Crippen LogP contribution in [0.5, 0.6) is 0 Å². The van der Waals surface area contributed by atoms with Gasteiger partial charge in [-0.3, -0.25) is 0 Å². The molecule has 0 unspecified atom stereocenters. The average Bonchev–Trinajstić information content (AvgIpc) is 2.21. The van der Waals surface area contributed by atoms with Gasteiger partial charge in [-0.1, -0.05) is 0 Å². The number of aliphatic hydroxyl groups excluding tert-OH is 1. The summed E-state index contributed by atoms with van der Waals surface area (Å²) in [4.78, 5) is 33.1. The zero-order chi connectivity index (χ0) is 14.2. The molecule has 0 aromatic carbocycles. The molecular formula is C11H17NO6. The van der Waals surface area contributed by atoms with Crippen LogP contribution in [-0.4, -0.2) is 41.9 Å². The summed E-state index contributed by atoms with van der Waals surface area (Å²) < 4.78 is 9.13. The molecule has 102 valence electrons. The summed E-state index contributed by atoms with van der Waals surface area (Å²) >= 11 is 0. The van der Waals surface area contributed by atoms with Crippen molar-refractivity contribution in [2.75, 3.05) is 13.2 Å². The molecule has 7 heteroatoms. The van der Waals surface area contributed by atoms with Gasteiger partial charge in [0.05, 0.1) is 6.61 Å². The molecule has 18 heavy (non-hydrogen) atoms. The van der Waals surface area contributed by atoms with Gasteiger partial charge in [-0.05, 0) is 20.8 Å². The van der Waals surface area contributed by atoms with Crippen LogP contribution in [0.15, 0.2) is 12.2 Å². The molecule has 0 saturated carbocycles. The minimum atomic E-state index is -1.00. The normalized spacial score (nSPS) is 11.1. The number of rotatable bonds is 4. The molecular weight excluding hydrogens is 242 g/mol. The molecule has 0 radical (unpaired) electrons. The third kappa shape index (κ3) is 9.34. The van der Waals surface area contributed by atoms with Gasteiger partial charge in [-0.25, -0.2) is 14.4 Å². The van der Waals surface area contributed by atoms with Gasteiger partial charge >= 0.3 is 18.0 Å². The Hall–Kier alpha value is -1.89. The first-order chi connectivity index (χ1) is 8.24. The lowest BCUT2D eigenvalue weighted by atomic mass is 10.2. The third-order valence-electron chi connectivity index (χ3n) is 1.34. The quantitative estimate of drug-likeness (QED) is 0.422. The summed E-state index contributed by atoms with van der Waals surface area (Å²) in [5.74, 6) is -1.72. The van der Waals surface area contributed by atoms with Crippen LogP contribution in [0.25, 0.3) is 0 Å². The van der Waals surface area contributed by atoms with E-state index < -0.39 is 23.6 Å². The Labute approximate surface area is 105 Å². The highest BCUT2D eigenvalue weighted by atomic mass is 16.6. The van der Waals surface area contributed by atoms with Gasteiger partial charge in [0.15, 0.2) is 0 Å². The highest BCUT2D eigenvalue weighted by molar-refractivity contribution is 5.96. The molecule has 0 aliphatic rings. The first kappa shape index (κ1) is 16.1. The van der Waals surface area contributed by atoms with Crippen LogP contribution in [0.2, 0.25) is 0 Å². The van der Waals surface area contributed by atoms with E-state index in [2.05, 4.69) is 10.1 Å². The molecule has 0 spiro atoms. The summed E-state index contributed by atoms with van der Waals surface area (Å²) in [6.45, 7) is 4.75. The van der Waals surface area contributed by atoms with Crippen LogP contribution in [-0.2, 0) is 19.1 Å². The molecule has 0 aromatic rings. The molecule has 0 fully saturated rings. The van der Waals surface area contributed by atoms with E-state index >= 15 is 0 Å². The minimum Gasteiger partial charge on any atom is -0.457 e. The van der Waals surface area contributed by atoms with Crippen LogP contribution in [0.4, 0.5) is 4.79 Å². The second-order valence-corrected chi connectivity index (χ2v) is 4.23. The Balaban J connectivity index is 4.08. The second kappa shape index (κ2) is 7.44. The molecule has 0 atom stereocenters. The highest BCUT2D eigenvalue weighted by Gasteiger charge is 2.14. The van der Waals surface area contributed by atoms with Crippen molar-refractivity contribution in [2.24, 2.45) is 0 Å². The van der Waals surface area contributed by atoms with Gasteiger partial charge < -0.3 is 19.9 Å². The van der Waals surface area contributed by atoms with Gasteiger partial charge in [0.2, 0.25) is 0 Å². The van der Waals surface area contributed by atoms with Crippen LogP contribution in [0, 0.1) is 0 Å². The molecule has 0 saturated heterocycles. The van der Waals surface area contributed by atoms with E-state index in [-0.39, 0.29) is 13.2 Å². The van der Waals surface area contributed by atoms with Gasteiger partial charge in [0, 0.05) is 18.7 Å². The van der Waals surface area contributed by atoms with E-state index in [1.165, 1.54) is 0 Å². The zero-order valence-electron chi connectivity index (χ0n) is 10.6. The second-order valence-electron chi connectivity index (χ2n) is 4.23. The zero-order valence-corrected chi connectivity index (χ0v) is 10.6. The van der Waals surface area contributed by atoms with E-state index in [9.17, 15) is 14.4 Å². The molecule has 0 aliphatic carbocycles. The summed E-state index contributed by atoms with van der Waals surface area (Å²) in [5, 5.41) is 10.5. The van der Waals surface area contributed by atoms with E-state index in [0.29, 0.717) is 0 Å². The number of hydrogen-bond donors (Lipinski definition) is 2. The first-order valence-corrected chi connectivity index (χ1v) is 5.26. The number of nitrogens with one attached hydrogen (secondary N) is 1. The van der Waals surface area contributed by atoms with Crippen molar-refractivity contribution in [1.82, 2.24) is 5.32 Å². The number of carbonyl (C=O) groups is 3. The number of alkyl carbamates (subject to hydrolysis) is 1. The Kier molecular flexibility index (Phi) is 6.66. The molecule has 2 N–H and O–H groups in total. The van der Waals surface area contributed by atoms with Crippen LogP contribution >= 0.6 is 0 Å². The fourth-order valence-corrected chi connectivity index (χ4v) is 0.791. The summed E-state index contributed by atoms with van der Waals surface area (Å²) in [6, 6.07) is 0. The molecule has 0 bridgehead atoms.